The van der Waals surface area contributed by atoms with E-state index in [0.717, 1.165) is 38.4 Å². The number of anilines is 1. The molecule has 2 aromatic carbocycles. The standard InChI is InChI=1S/C21H24ClN3O/c22-19-8-10-20(11-9-19)23-21(26)17-25-15-13-24(14-16-25)12-4-7-18-5-2-1-3-6-18/h1-11H,12-17H2,(H,23,26)/p+2/b7-4+. The summed E-state index contributed by atoms with van der Waals surface area (Å²) in [6.07, 6.45) is 4.44. The van der Waals surface area contributed by atoms with Gasteiger partial charge in [-0.3, -0.25) is 4.79 Å². The van der Waals surface area contributed by atoms with Crippen molar-refractivity contribution in [1.82, 2.24) is 0 Å². The molecule has 0 radical (unpaired) electrons. The van der Waals surface area contributed by atoms with E-state index in [-0.39, 0.29) is 5.91 Å². The first-order valence-corrected chi connectivity index (χ1v) is 9.51. The summed E-state index contributed by atoms with van der Waals surface area (Å²) in [5.74, 6) is 0.0646. The largest absolute Gasteiger partial charge is 0.322 e. The van der Waals surface area contributed by atoms with Gasteiger partial charge >= 0.3 is 0 Å². The van der Waals surface area contributed by atoms with E-state index < -0.39 is 0 Å². The summed E-state index contributed by atoms with van der Waals surface area (Å²) in [6, 6.07) is 17.6. The molecule has 1 fully saturated rings. The summed E-state index contributed by atoms with van der Waals surface area (Å²) in [5.41, 5.74) is 2.05. The maximum atomic E-state index is 12.2. The van der Waals surface area contributed by atoms with Crippen LogP contribution in [0.4, 0.5) is 5.69 Å². The van der Waals surface area contributed by atoms with Crippen molar-refractivity contribution in [3.05, 3.63) is 71.3 Å². The maximum Gasteiger partial charge on any atom is 0.279 e. The zero-order valence-corrected chi connectivity index (χ0v) is 15.6. The number of benzene rings is 2. The molecule has 0 atom stereocenters. The molecule has 0 aromatic heterocycles. The third-order valence-electron chi connectivity index (χ3n) is 4.72. The Kier molecular flexibility index (Phi) is 6.83. The fourth-order valence-electron chi connectivity index (χ4n) is 3.23. The van der Waals surface area contributed by atoms with Crippen LogP contribution in [0, 0.1) is 0 Å². The molecule has 0 aliphatic carbocycles. The van der Waals surface area contributed by atoms with Gasteiger partial charge in [-0.2, -0.15) is 0 Å². The zero-order chi connectivity index (χ0) is 18.2. The second kappa shape index (κ2) is 9.53. The van der Waals surface area contributed by atoms with Crippen LogP contribution in [0.3, 0.4) is 0 Å². The summed E-state index contributed by atoms with van der Waals surface area (Å²) < 4.78 is 0. The molecule has 26 heavy (non-hydrogen) atoms. The second-order valence-corrected chi connectivity index (χ2v) is 7.19. The first kappa shape index (κ1) is 18.6. The van der Waals surface area contributed by atoms with Crippen molar-refractivity contribution in [2.45, 2.75) is 0 Å². The number of nitrogens with one attached hydrogen (secondary N) is 3. The van der Waals surface area contributed by atoms with Gasteiger partial charge in [-0.05, 0) is 35.9 Å². The number of quaternary nitrogens is 2. The number of carbonyl (C=O) groups excluding carboxylic acids is 1. The number of amides is 1. The Morgan fingerprint density at radius 2 is 1.62 bits per heavy atom. The van der Waals surface area contributed by atoms with Crippen molar-refractivity contribution in [2.24, 2.45) is 0 Å². The number of halogens is 1. The molecule has 5 heteroatoms. The van der Waals surface area contributed by atoms with Gasteiger partial charge in [0.15, 0.2) is 6.54 Å². The first-order chi connectivity index (χ1) is 12.7. The van der Waals surface area contributed by atoms with Crippen molar-refractivity contribution in [1.29, 1.82) is 0 Å². The van der Waals surface area contributed by atoms with Crippen LogP contribution in [-0.2, 0) is 4.79 Å². The molecule has 3 rings (SSSR count). The lowest BCUT2D eigenvalue weighted by Gasteiger charge is -2.28. The van der Waals surface area contributed by atoms with Crippen LogP contribution in [-0.4, -0.2) is 45.2 Å². The Labute approximate surface area is 160 Å². The van der Waals surface area contributed by atoms with Gasteiger partial charge in [0, 0.05) is 10.7 Å². The predicted octanol–water partition coefficient (Wildman–Crippen LogP) is 0.775. The smallest absolute Gasteiger partial charge is 0.279 e. The molecule has 0 bridgehead atoms. The monoisotopic (exact) mass is 371 g/mol. The molecule has 3 N–H and O–H groups in total. The maximum absolute atomic E-state index is 12.2. The lowest BCUT2D eigenvalue weighted by molar-refractivity contribution is -1.01. The molecule has 1 saturated heterocycles. The highest BCUT2D eigenvalue weighted by molar-refractivity contribution is 6.30. The van der Waals surface area contributed by atoms with E-state index in [1.54, 1.807) is 17.0 Å². The van der Waals surface area contributed by atoms with E-state index in [1.165, 1.54) is 10.5 Å². The lowest BCUT2D eigenvalue weighted by atomic mass is 10.2. The fourth-order valence-corrected chi connectivity index (χ4v) is 3.36. The molecule has 1 aliphatic heterocycles. The third kappa shape index (κ3) is 5.99. The molecular weight excluding hydrogens is 346 g/mol. The Bertz CT molecular complexity index is 723. The van der Waals surface area contributed by atoms with Gasteiger partial charge in [0.1, 0.15) is 26.2 Å². The topological polar surface area (TPSA) is 38.0 Å². The van der Waals surface area contributed by atoms with E-state index in [1.807, 2.05) is 18.2 Å². The van der Waals surface area contributed by atoms with Gasteiger partial charge in [0.25, 0.3) is 5.91 Å². The molecule has 0 unspecified atom stereocenters. The van der Waals surface area contributed by atoms with Crippen LogP contribution in [0.2, 0.25) is 5.02 Å². The van der Waals surface area contributed by atoms with Crippen molar-refractivity contribution in [3.63, 3.8) is 0 Å². The molecule has 2 aromatic rings. The van der Waals surface area contributed by atoms with Crippen LogP contribution in [0.15, 0.2) is 60.7 Å². The van der Waals surface area contributed by atoms with Gasteiger partial charge < -0.3 is 15.1 Å². The number of piperazine rings is 1. The van der Waals surface area contributed by atoms with Crippen molar-refractivity contribution in [3.8, 4) is 0 Å². The molecule has 136 valence electrons. The van der Waals surface area contributed by atoms with E-state index in [9.17, 15) is 4.79 Å². The molecular formula is C21H26ClN3O+2. The van der Waals surface area contributed by atoms with E-state index in [4.69, 9.17) is 11.6 Å². The number of hydrogen-bond acceptors (Lipinski definition) is 1. The predicted molar refractivity (Wildman–Crippen MR) is 107 cm³/mol. The summed E-state index contributed by atoms with van der Waals surface area (Å²) in [5, 5.41) is 3.62. The highest BCUT2D eigenvalue weighted by Gasteiger charge is 2.23. The normalized spacial score (nSPS) is 20.2. The second-order valence-electron chi connectivity index (χ2n) is 6.75. The number of hydrogen-bond donors (Lipinski definition) is 3. The zero-order valence-electron chi connectivity index (χ0n) is 14.9. The minimum Gasteiger partial charge on any atom is -0.322 e. The Morgan fingerprint density at radius 1 is 0.962 bits per heavy atom. The Hall–Kier alpha value is -2.14. The molecule has 1 aliphatic rings. The Morgan fingerprint density at radius 3 is 2.31 bits per heavy atom. The van der Waals surface area contributed by atoms with Crippen LogP contribution in [0.5, 0.6) is 0 Å². The van der Waals surface area contributed by atoms with Gasteiger partial charge in [0.2, 0.25) is 0 Å². The summed E-state index contributed by atoms with van der Waals surface area (Å²) in [6.45, 7) is 5.82. The van der Waals surface area contributed by atoms with Crippen LogP contribution in [0.1, 0.15) is 5.56 Å². The van der Waals surface area contributed by atoms with Gasteiger partial charge in [-0.25, -0.2) is 0 Å². The van der Waals surface area contributed by atoms with Crippen molar-refractivity contribution in [2.75, 3.05) is 44.6 Å². The minimum atomic E-state index is 0.0646. The van der Waals surface area contributed by atoms with Gasteiger partial charge in [-0.15, -0.1) is 0 Å². The Balaban J connectivity index is 1.37. The van der Waals surface area contributed by atoms with E-state index in [0.29, 0.717) is 11.6 Å². The van der Waals surface area contributed by atoms with E-state index in [2.05, 4.69) is 41.7 Å². The summed E-state index contributed by atoms with van der Waals surface area (Å²) in [7, 11) is 0. The molecule has 0 spiro atoms. The van der Waals surface area contributed by atoms with Crippen molar-refractivity contribution >= 4 is 29.3 Å². The van der Waals surface area contributed by atoms with Crippen LogP contribution >= 0.6 is 11.6 Å². The summed E-state index contributed by atoms with van der Waals surface area (Å²) in [4.78, 5) is 15.1. The van der Waals surface area contributed by atoms with E-state index >= 15 is 0 Å². The highest BCUT2D eigenvalue weighted by atomic mass is 35.5. The molecule has 1 amide bonds. The van der Waals surface area contributed by atoms with Gasteiger partial charge in [-0.1, -0.05) is 48.0 Å². The molecule has 1 heterocycles. The summed E-state index contributed by atoms with van der Waals surface area (Å²) >= 11 is 5.86. The van der Waals surface area contributed by atoms with Crippen molar-refractivity contribution < 1.29 is 14.6 Å². The average Bonchev–Trinajstić information content (AvgIpc) is 2.66. The highest BCUT2D eigenvalue weighted by Crippen LogP contribution is 2.12. The lowest BCUT2D eigenvalue weighted by Crippen LogP contribution is -3.28. The van der Waals surface area contributed by atoms with Gasteiger partial charge in [0.05, 0.1) is 6.54 Å². The average molecular weight is 372 g/mol. The number of carbonyl (C=O) groups is 1. The molecule has 4 nitrogen and oxygen atoms in total. The van der Waals surface area contributed by atoms with Crippen LogP contribution < -0.4 is 15.1 Å². The molecule has 0 saturated carbocycles. The number of rotatable bonds is 6. The SMILES string of the molecule is O=C(C[NH+]1CC[NH+](C/C=C/c2ccccc2)CC1)Nc1ccc(Cl)cc1. The quantitative estimate of drug-likeness (QED) is 0.689. The minimum absolute atomic E-state index is 0.0646. The van der Waals surface area contributed by atoms with Crippen LogP contribution in [0.25, 0.3) is 6.08 Å². The fraction of sp³-hybridized carbons (Fsp3) is 0.286. The first-order valence-electron chi connectivity index (χ1n) is 9.13. The third-order valence-corrected chi connectivity index (χ3v) is 4.97.